The Bertz CT molecular complexity index is 804. The number of benzene rings is 1. The van der Waals surface area contributed by atoms with E-state index in [1.807, 2.05) is 6.07 Å². The van der Waals surface area contributed by atoms with Gasteiger partial charge in [-0.05, 0) is 50.9 Å². The van der Waals surface area contributed by atoms with E-state index < -0.39 is 10.0 Å². The number of hydrogen-bond acceptors (Lipinski definition) is 5. The second-order valence-electron chi connectivity index (χ2n) is 7.13. The summed E-state index contributed by atoms with van der Waals surface area (Å²) in [7, 11) is -3.71. The van der Waals surface area contributed by atoms with E-state index in [0.29, 0.717) is 32.5 Å². The summed E-state index contributed by atoms with van der Waals surface area (Å²) in [6, 6.07) is 8.18. The van der Waals surface area contributed by atoms with Crippen molar-refractivity contribution in [3.8, 4) is 6.07 Å². The molecule has 27 heavy (non-hydrogen) atoms. The average Bonchev–Trinajstić information content (AvgIpc) is 3.21. The number of likely N-dealkylation sites (tertiary alicyclic amines) is 1. The molecule has 0 bridgehead atoms. The Balaban J connectivity index is 1.52. The Morgan fingerprint density at radius 2 is 1.81 bits per heavy atom. The van der Waals surface area contributed by atoms with Crippen LogP contribution in [0.25, 0.3) is 0 Å². The van der Waals surface area contributed by atoms with Crippen LogP contribution in [0.5, 0.6) is 0 Å². The molecule has 2 aliphatic rings. The van der Waals surface area contributed by atoms with Crippen LogP contribution in [0.15, 0.2) is 29.2 Å². The maximum absolute atomic E-state index is 12.8. The minimum atomic E-state index is -3.71. The summed E-state index contributed by atoms with van der Waals surface area (Å²) in [5, 5.41) is 12.2. The molecule has 1 N–H and O–H groups in total. The summed E-state index contributed by atoms with van der Waals surface area (Å²) in [6.45, 7) is 4.34. The van der Waals surface area contributed by atoms with Gasteiger partial charge in [0.2, 0.25) is 15.9 Å². The van der Waals surface area contributed by atoms with E-state index in [0.717, 1.165) is 19.6 Å². The van der Waals surface area contributed by atoms with Gasteiger partial charge in [0.1, 0.15) is 6.07 Å². The molecule has 0 spiro atoms. The predicted molar refractivity (Wildman–Crippen MR) is 101 cm³/mol. The zero-order valence-corrected chi connectivity index (χ0v) is 16.2. The van der Waals surface area contributed by atoms with Gasteiger partial charge in [-0.3, -0.25) is 4.79 Å². The number of rotatable bonds is 6. The van der Waals surface area contributed by atoms with Gasteiger partial charge in [0.05, 0.1) is 10.5 Å². The van der Waals surface area contributed by atoms with E-state index in [1.165, 1.54) is 29.3 Å². The SMILES string of the molecule is N#Cc1ccccc1S(=O)(=O)N1CCC(C(=O)NCCN2CCCC2)CC1. The molecule has 1 aromatic carbocycles. The highest BCUT2D eigenvalue weighted by Gasteiger charge is 2.33. The number of nitrogens with one attached hydrogen (secondary N) is 1. The monoisotopic (exact) mass is 390 g/mol. The quantitative estimate of drug-likeness (QED) is 0.787. The van der Waals surface area contributed by atoms with Crippen molar-refractivity contribution in [1.82, 2.24) is 14.5 Å². The van der Waals surface area contributed by atoms with Gasteiger partial charge >= 0.3 is 0 Å². The molecule has 7 nitrogen and oxygen atoms in total. The molecule has 2 fully saturated rings. The Kier molecular flexibility index (Phi) is 6.47. The van der Waals surface area contributed by atoms with Crippen molar-refractivity contribution >= 4 is 15.9 Å². The Hall–Kier alpha value is -1.95. The molecule has 8 heteroatoms. The summed E-state index contributed by atoms with van der Waals surface area (Å²) in [5.74, 6) is -0.134. The van der Waals surface area contributed by atoms with Crippen molar-refractivity contribution in [2.45, 2.75) is 30.6 Å². The third-order valence-electron chi connectivity index (χ3n) is 5.38. The third kappa shape index (κ3) is 4.67. The fourth-order valence-electron chi connectivity index (χ4n) is 3.77. The molecule has 3 rings (SSSR count). The molecule has 2 saturated heterocycles. The molecular formula is C19H26N4O3S. The van der Waals surface area contributed by atoms with Gasteiger partial charge in [-0.25, -0.2) is 8.42 Å². The number of hydrogen-bond donors (Lipinski definition) is 1. The van der Waals surface area contributed by atoms with Crippen molar-refractivity contribution in [3.63, 3.8) is 0 Å². The summed E-state index contributed by atoms with van der Waals surface area (Å²) in [5.41, 5.74) is 0.152. The standard InChI is InChI=1S/C19H26N4O3S/c20-15-17-5-1-2-6-18(17)27(25,26)23-12-7-16(8-13-23)19(24)21-9-14-22-10-3-4-11-22/h1-2,5-6,16H,3-4,7-14H2,(H,21,24). The van der Waals surface area contributed by atoms with Crippen LogP contribution in [0.1, 0.15) is 31.2 Å². The largest absolute Gasteiger partial charge is 0.355 e. The Morgan fingerprint density at radius 3 is 2.48 bits per heavy atom. The lowest BCUT2D eigenvalue weighted by Gasteiger charge is -2.30. The highest BCUT2D eigenvalue weighted by Crippen LogP contribution is 2.25. The second kappa shape index (κ2) is 8.83. The Morgan fingerprint density at radius 1 is 1.15 bits per heavy atom. The minimum absolute atomic E-state index is 0.0173. The molecular weight excluding hydrogens is 364 g/mol. The van der Waals surface area contributed by atoms with Crippen LogP contribution in [-0.2, 0) is 14.8 Å². The maximum Gasteiger partial charge on any atom is 0.244 e. The minimum Gasteiger partial charge on any atom is -0.355 e. The van der Waals surface area contributed by atoms with Gasteiger partial charge in [-0.15, -0.1) is 0 Å². The molecule has 0 saturated carbocycles. The molecule has 146 valence electrons. The molecule has 1 aromatic rings. The number of nitrogens with zero attached hydrogens (tertiary/aromatic N) is 3. The van der Waals surface area contributed by atoms with Gasteiger partial charge in [0, 0.05) is 32.1 Å². The van der Waals surface area contributed by atoms with Crippen LogP contribution in [0.4, 0.5) is 0 Å². The zero-order valence-electron chi connectivity index (χ0n) is 15.4. The van der Waals surface area contributed by atoms with Crippen LogP contribution in [0.3, 0.4) is 0 Å². The topological polar surface area (TPSA) is 93.5 Å². The molecule has 0 aromatic heterocycles. The summed E-state index contributed by atoms with van der Waals surface area (Å²) in [4.78, 5) is 14.7. The van der Waals surface area contributed by atoms with E-state index in [4.69, 9.17) is 5.26 Å². The maximum atomic E-state index is 12.8. The van der Waals surface area contributed by atoms with Crippen molar-refractivity contribution in [2.75, 3.05) is 39.3 Å². The second-order valence-corrected chi connectivity index (χ2v) is 9.03. The average molecular weight is 391 g/mol. The lowest BCUT2D eigenvalue weighted by atomic mass is 9.97. The van der Waals surface area contributed by atoms with Crippen LogP contribution in [-0.4, -0.2) is 62.8 Å². The highest BCUT2D eigenvalue weighted by atomic mass is 32.2. The molecule has 2 aliphatic heterocycles. The van der Waals surface area contributed by atoms with Crippen molar-refractivity contribution < 1.29 is 13.2 Å². The molecule has 0 unspecified atom stereocenters. The predicted octanol–water partition coefficient (Wildman–Crippen LogP) is 1.17. The molecule has 0 aliphatic carbocycles. The summed E-state index contributed by atoms with van der Waals surface area (Å²) >= 11 is 0. The third-order valence-corrected chi connectivity index (χ3v) is 7.33. The number of carbonyl (C=O) groups is 1. The molecule has 1 amide bonds. The van der Waals surface area contributed by atoms with Crippen LogP contribution in [0, 0.1) is 17.2 Å². The highest BCUT2D eigenvalue weighted by molar-refractivity contribution is 7.89. The van der Waals surface area contributed by atoms with Crippen LogP contribution in [0.2, 0.25) is 0 Å². The van der Waals surface area contributed by atoms with Crippen molar-refractivity contribution in [2.24, 2.45) is 5.92 Å². The summed E-state index contributed by atoms with van der Waals surface area (Å²) < 4.78 is 27.0. The van der Waals surface area contributed by atoms with Crippen molar-refractivity contribution in [1.29, 1.82) is 5.26 Å². The lowest BCUT2D eigenvalue weighted by molar-refractivity contribution is -0.126. The number of nitriles is 1. The first-order valence-corrected chi connectivity index (χ1v) is 11.0. The van der Waals surface area contributed by atoms with Gasteiger partial charge in [-0.1, -0.05) is 12.1 Å². The normalized spacial score (nSPS) is 19.7. The number of amides is 1. The van der Waals surface area contributed by atoms with E-state index in [-0.39, 0.29) is 22.3 Å². The van der Waals surface area contributed by atoms with Gasteiger partial charge < -0.3 is 10.2 Å². The Labute approximate surface area is 161 Å². The first-order chi connectivity index (χ1) is 13.0. The fourth-order valence-corrected chi connectivity index (χ4v) is 5.38. The zero-order chi connectivity index (χ0) is 19.3. The van der Waals surface area contributed by atoms with Gasteiger partial charge in [0.25, 0.3) is 0 Å². The first-order valence-electron chi connectivity index (χ1n) is 9.51. The molecule has 0 radical (unpaired) electrons. The number of sulfonamides is 1. The van der Waals surface area contributed by atoms with E-state index in [1.54, 1.807) is 12.1 Å². The van der Waals surface area contributed by atoms with E-state index in [2.05, 4.69) is 10.2 Å². The van der Waals surface area contributed by atoms with E-state index in [9.17, 15) is 13.2 Å². The molecule has 2 heterocycles. The van der Waals surface area contributed by atoms with E-state index >= 15 is 0 Å². The lowest BCUT2D eigenvalue weighted by Crippen LogP contribution is -2.44. The van der Waals surface area contributed by atoms with Gasteiger partial charge in [-0.2, -0.15) is 9.57 Å². The molecule has 0 atom stereocenters. The smallest absolute Gasteiger partial charge is 0.244 e. The number of carbonyl (C=O) groups excluding carboxylic acids is 1. The van der Waals surface area contributed by atoms with Crippen molar-refractivity contribution in [3.05, 3.63) is 29.8 Å². The van der Waals surface area contributed by atoms with Gasteiger partial charge in [0.15, 0.2) is 0 Å². The summed E-state index contributed by atoms with van der Waals surface area (Å²) in [6.07, 6.45) is 3.47. The van der Waals surface area contributed by atoms with Crippen LogP contribution >= 0.6 is 0 Å². The first kappa shape index (κ1) is 19.8. The number of piperidine rings is 1. The fraction of sp³-hybridized carbons (Fsp3) is 0.579. The van der Waals surface area contributed by atoms with Crippen LogP contribution < -0.4 is 5.32 Å².